The average Bonchev–Trinajstić information content (AvgIpc) is 3.55. The number of carbonyl (C=O) groups is 2. The number of alkyl halides is 3. The van der Waals surface area contributed by atoms with E-state index >= 15 is 0 Å². The van der Waals surface area contributed by atoms with E-state index in [-0.39, 0.29) is 5.91 Å². The number of carboxylic acids is 1. The van der Waals surface area contributed by atoms with E-state index in [0.29, 0.717) is 28.5 Å². The number of rotatable bonds is 8. The average molecular weight is 622 g/mol. The van der Waals surface area contributed by atoms with Crippen molar-refractivity contribution in [2.24, 2.45) is 0 Å². The van der Waals surface area contributed by atoms with Gasteiger partial charge in [-0.3, -0.25) is 14.1 Å². The first-order valence-electron chi connectivity index (χ1n) is 13.0. The Hall–Kier alpha value is -4.34. The maximum atomic E-state index is 13.2. The minimum Gasteiger partial charge on any atom is -0.493 e. The third-order valence-electron chi connectivity index (χ3n) is 6.41. The molecule has 0 aliphatic carbocycles. The molecule has 3 heterocycles. The number of aliphatic carboxylic acids is 1. The maximum Gasteiger partial charge on any atom is 0.490 e. The van der Waals surface area contributed by atoms with Crippen molar-refractivity contribution in [1.29, 1.82) is 0 Å². The second kappa shape index (κ2) is 13.8. The largest absolute Gasteiger partial charge is 0.493 e. The topological polar surface area (TPSA) is 127 Å². The Labute approximate surface area is 248 Å². The second-order valence-electron chi connectivity index (χ2n) is 9.26. The zero-order chi connectivity index (χ0) is 31.1. The summed E-state index contributed by atoms with van der Waals surface area (Å²) in [6.07, 6.45) is -0.923. The monoisotopic (exact) mass is 621 g/mol. The molecule has 1 saturated heterocycles. The van der Waals surface area contributed by atoms with Gasteiger partial charge in [0.1, 0.15) is 0 Å². The molecule has 1 aliphatic rings. The predicted octanol–water partition coefficient (Wildman–Crippen LogP) is 4.38. The first-order chi connectivity index (χ1) is 20.5. The second-order valence-corrected chi connectivity index (χ2v) is 10.3. The SMILES string of the molecule is COc1cc(C(=O)Nc2ccccc2-c2cn3cc(CN4CCNCC4)sc3n2)cc(OC)c1OC.O=C(O)C(F)(F)F. The van der Waals surface area contributed by atoms with Gasteiger partial charge in [-0.1, -0.05) is 29.5 Å². The van der Waals surface area contributed by atoms with Gasteiger partial charge in [0.15, 0.2) is 16.5 Å². The zero-order valence-electron chi connectivity index (χ0n) is 23.5. The van der Waals surface area contributed by atoms with Gasteiger partial charge in [0.2, 0.25) is 5.75 Å². The number of methoxy groups -OCH3 is 3. The summed E-state index contributed by atoms with van der Waals surface area (Å²) in [4.78, 5) is 31.6. The molecule has 0 bridgehead atoms. The molecule has 1 amide bonds. The zero-order valence-corrected chi connectivity index (χ0v) is 24.3. The van der Waals surface area contributed by atoms with E-state index in [1.807, 2.05) is 30.5 Å². The standard InChI is InChI=1S/C26H29N5O4S.C2HF3O2/c1-33-22-12-17(13-23(34-2)24(22)35-3)25(32)28-20-7-5-4-6-19(20)21-16-31-15-18(36-26(31)29-21)14-30-10-8-27-9-11-30;3-2(4,5)1(6)7/h4-7,12-13,15-16,27H,8-11,14H2,1-3H3,(H,28,32);(H,6,7). The van der Waals surface area contributed by atoms with Crippen molar-refractivity contribution >= 4 is 33.9 Å². The lowest BCUT2D eigenvalue weighted by molar-refractivity contribution is -0.192. The molecule has 2 aromatic heterocycles. The van der Waals surface area contributed by atoms with Crippen LogP contribution in [0.2, 0.25) is 0 Å². The predicted molar refractivity (Wildman–Crippen MR) is 154 cm³/mol. The summed E-state index contributed by atoms with van der Waals surface area (Å²) in [7, 11) is 4.57. The fourth-order valence-electron chi connectivity index (χ4n) is 4.36. The van der Waals surface area contributed by atoms with Crippen molar-refractivity contribution in [3.8, 4) is 28.5 Å². The Morgan fingerprint density at radius 3 is 2.23 bits per heavy atom. The molecular weight excluding hydrogens is 591 g/mol. The van der Waals surface area contributed by atoms with Crippen LogP contribution in [-0.2, 0) is 11.3 Å². The molecule has 11 nitrogen and oxygen atoms in total. The lowest BCUT2D eigenvalue weighted by atomic mass is 10.1. The molecule has 2 aromatic carbocycles. The quantitative estimate of drug-likeness (QED) is 0.263. The van der Waals surface area contributed by atoms with E-state index in [1.165, 1.54) is 26.2 Å². The van der Waals surface area contributed by atoms with E-state index in [9.17, 15) is 18.0 Å². The molecule has 5 rings (SSSR count). The fraction of sp³-hybridized carbons (Fsp3) is 0.321. The van der Waals surface area contributed by atoms with Crippen molar-refractivity contribution in [3.05, 3.63) is 59.2 Å². The summed E-state index contributed by atoms with van der Waals surface area (Å²) in [6.45, 7) is 5.12. The number of nitrogens with zero attached hydrogens (tertiary/aromatic N) is 3. The van der Waals surface area contributed by atoms with Crippen LogP contribution in [0.15, 0.2) is 48.8 Å². The highest BCUT2D eigenvalue weighted by Gasteiger charge is 2.38. The Balaban J connectivity index is 0.000000541. The number of fused-ring (bicyclic) bond motifs is 1. The molecule has 0 radical (unpaired) electrons. The van der Waals surface area contributed by atoms with Gasteiger partial charge >= 0.3 is 12.1 Å². The molecule has 0 unspecified atom stereocenters. The Bertz CT molecular complexity index is 1530. The number of aromatic nitrogens is 2. The minimum absolute atomic E-state index is 0.291. The molecular formula is C28H30F3N5O6S. The number of ether oxygens (including phenoxy) is 3. The van der Waals surface area contributed by atoms with Crippen LogP contribution >= 0.6 is 11.3 Å². The summed E-state index contributed by atoms with van der Waals surface area (Å²) in [5.74, 6) is -1.78. The van der Waals surface area contributed by atoms with E-state index in [1.54, 1.807) is 23.5 Å². The normalized spacial score (nSPS) is 13.6. The smallest absolute Gasteiger partial charge is 0.490 e. The Morgan fingerprint density at radius 1 is 1.05 bits per heavy atom. The fourth-order valence-corrected chi connectivity index (χ4v) is 5.36. The van der Waals surface area contributed by atoms with Crippen molar-refractivity contribution in [2.75, 3.05) is 52.8 Å². The highest BCUT2D eigenvalue weighted by atomic mass is 32.1. The van der Waals surface area contributed by atoms with Crippen molar-refractivity contribution in [3.63, 3.8) is 0 Å². The minimum atomic E-state index is -5.08. The van der Waals surface area contributed by atoms with Crippen LogP contribution in [0.1, 0.15) is 15.2 Å². The van der Waals surface area contributed by atoms with Crippen LogP contribution in [0, 0.1) is 0 Å². The number of amides is 1. The molecule has 0 atom stereocenters. The van der Waals surface area contributed by atoms with Gasteiger partial charge in [-0.05, 0) is 18.2 Å². The van der Waals surface area contributed by atoms with Crippen molar-refractivity contribution in [1.82, 2.24) is 19.6 Å². The van der Waals surface area contributed by atoms with Crippen LogP contribution in [0.3, 0.4) is 0 Å². The van der Waals surface area contributed by atoms with E-state index < -0.39 is 12.1 Å². The van der Waals surface area contributed by atoms with Crippen LogP contribution < -0.4 is 24.8 Å². The molecule has 1 fully saturated rings. The lowest BCUT2D eigenvalue weighted by Crippen LogP contribution is -2.42. The van der Waals surface area contributed by atoms with Gasteiger partial charge in [0.05, 0.1) is 32.7 Å². The van der Waals surface area contributed by atoms with Gasteiger partial charge in [-0.15, -0.1) is 0 Å². The summed E-state index contributed by atoms with van der Waals surface area (Å²) < 4.78 is 49.9. The maximum absolute atomic E-state index is 13.2. The number of anilines is 1. The number of nitrogens with one attached hydrogen (secondary N) is 2. The number of thiazole rings is 1. The lowest BCUT2D eigenvalue weighted by Gasteiger charge is -2.26. The van der Waals surface area contributed by atoms with E-state index in [2.05, 4.69) is 26.1 Å². The summed E-state index contributed by atoms with van der Waals surface area (Å²) in [5.41, 5.74) is 2.71. The summed E-state index contributed by atoms with van der Waals surface area (Å²) in [6, 6.07) is 10.9. The van der Waals surface area contributed by atoms with Crippen LogP contribution in [0.25, 0.3) is 16.2 Å². The molecule has 3 N–H and O–H groups in total. The van der Waals surface area contributed by atoms with Crippen molar-refractivity contribution < 1.29 is 42.1 Å². The highest BCUT2D eigenvalue weighted by molar-refractivity contribution is 7.17. The van der Waals surface area contributed by atoms with Crippen LogP contribution in [0.4, 0.5) is 18.9 Å². The third-order valence-corrected chi connectivity index (χ3v) is 7.39. The van der Waals surface area contributed by atoms with Crippen molar-refractivity contribution in [2.45, 2.75) is 12.7 Å². The summed E-state index contributed by atoms with van der Waals surface area (Å²) >= 11 is 1.70. The molecule has 43 heavy (non-hydrogen) atoms. The van der Waals surface area contributed by atoms with Gasteiger partial charge in [0.25, 0.3) is 5.91 Å². The first kappa shape index (κ1) is 31.6. The highest BCUT2D eigenvalue weighted by Crippen LogP contribution is 2.38. The number of piperazine rings is 1. The summed E-state index contributed by atoms with van der Waals surface area (Å²) in [5, 5.41) is 13.5. The first-order valence-corrected chi connectivity index (χ1v) is 13.8. The molecule has 4 aromatic rings. The number of hydrogen-bond donors (Lipinski definition) is 3. The number of benzene rings is 2. The Morgan fingerprint density at radius 2 is 1.67 bits per heavy atom. The third kappa shape index (κ3) is 7.74. The molecule has 1 aliphatic heterocycles. The number of para-hydroxylation sites is 1. The number of hydrogen-bond acceptors (Lipinski definition) is 9. The molecule has 230 valence electrons. The number of carboxylic acid groups (broad SMARTS) is 1. The van der Waals surface area contributed by atoms with Gasteiger partial charge in [-0.2, -0.15) is 13.2 Å². The Kier molecular flexibility index (Phi) is 10.1. The molecule has 0 saturated carbocycles. The number of halogens is 3. The van der Waals surface area contributed by atoms with E-state index in [4.69, 9.17) is 29.1 Å². The van der Waals surface area contributed by atoms with E-state index in [0.717, 1.165) is 48.9 Å². The van der Waals surface area contributed by atoms with Crippen LogP contribution in [-0.4, -0.2) is 85.0 Å². The molecule has 15 heteroatoms. The van der Waals surface area contributed by atoms with Crippen LogP contribution in [0.5, 0.6) is 17.2 Å². The molecule has 0 spiro atoms. The number of imidazole rings is 1. The van der Waals surface area contributed by atoms with Gasteiger partial charge in [-0.25, -0.2) is 9.78 Å². The van der Waals surface area contributed by atoms with Gasteiger partial charge in [0, 0.05) is 61.1 Å². The van der Waals surface area contributed by atoms with Gasteiger partial charge < -0.3 is 30.0 Å². The number of carbonyl (C=O) groups excluding carboxylic acids is 1.